The van der Waals surface area contributed by atoms with Crippen LogP contribution < -0.4 is 5.56 Å². The first kappa shape index (κ1) is 13.7. The van der Waals surface area contributed by atoms with Gasteiger partial charge >= 0.3 is 0 Å². The fraction of sp³-hybridized carbons (Fsp3) is 0.0625. The van der Waals surface area contributed by atoms with Crippen LogP contribution in [0.25, 0.3) is 10.9 Å². The molecule has 0 N–H and O–H groups in total. The van der Waals surface area contributed by atoms with Gasteiger partial charge in [0.15, 0.2) is 0 Å². The van der Waals surface area contributed by atoms with E-state index in [1.165, 1.54) is 4.68 Å². The Morgan fingerprint density at radius 3 is 2.62 bits per heavy atom. The minimum atomic E-state index is -0.161. The van der Waals surface area contributed by atoms with Gasteiger partial charge in [0.25, 0.3) is 5.56 Å². The number of benzene rings is 2. The minimum absolute atomic E-state index is 0.161. The van der Waals surface area contributed by atoms with Crippen molar-refractivity contribution in [3.8, 4) is 0 Å². The van der Waals surface area contributed by atoms with Gasteiger partial charge in [0, 0.05) is 4.47 Å². The van der Waals surface area contributed by atoms with Gasteiger partial charge in [-0.3, -0.25) is 4.79 Å². The van der Waals surface area contributed by atoms with E-state index in [0.717, 1.165) is 10.0 Å². The first-order valence-electron chi connectivity index (χ1n) is 6.43. The van der Waals surface area contributed by atoms with Crippen LogP contribution in [0.2, 0.25) is 0 Å². The average molecular weight is 342 g/mol. The van der Waals surface area contributed by atoms with Crippen molar-refractivity contribution in [2.75, 3.05) is 0 Å². The van der Waals surface area contributed by atoms with E-state index in [4.69, 9.17) is 0 Å². The van der Waals surface area contributed by atoms with Crippen LogP contribution in [-0.2, 0) is 0 Å². The van der Waals surface area contributed by atoms with Crippen LogP contribution in [0.1, 0.15) is 11.4 Å². The van der Waals surface area contributed by atoms with Crippen molar-refractivity contribution in [3.63, 3.8) is 0 Å². The predicted molar refractivity (Wildman–Crippen MR) is 87.9 cm³/mol. The van der Waals surface area contributed by atoms with Crippen molar-refractivity contribution in [2.45, 2.75) is 6.92 Å². The van der Waals surface area contributed by atoms with E-state index in [9.17, 15) is 4.79 Å². The molecule has 0 aliphatic heterocycles. The van der Waals surface area contributed by atoms with Crippen LogP contribution in [0.15, 0.2) is 62.9 Å². The summed E-state index contributed by atoms with van der Waals surface area (Å²) in [6.45, 7) is 1.77. The van der Waals surface area contributed by atoms with E-state index in [-0.39, 0.29) is 5.56 Å². The SMILES string of the molecule is Cc1nc2ccccc2c(=O)n1/N=C/c1ccc(Br)cc1. The summed E-state index contributed by atoms with van der Waals surface area (Å²) >= 11 is 3.38. The van der Waals surface area contributed by atoms with Crippen molar-refractivity contribution in [1.82, 2.24) is 9.66 Å². The standard InChI is InChI=1S/C16H12BrN3O/c1-11-19-15-5-3-2-4-14(15)16(21)20(11)18-10-12-6-8-13(17)9-7-12/h2-10H,1H3/b18-10+. The fourth-order valence-electron chi connectivity index (χ4n) is 2.04. The monoisotopic (exact) mass is 341 g/mol. The number of aryl methyl sites for hydroxylation is 1. The largest absolute Gasteiger partial charge is 0.282 e. The Bertz CT molecular complexity index is 882. The number of fused-ring (bicyclic) bond motifs is 1. The van der Waals surface area contributed by atoms with Crippen LogP contribution in [-0.4, -0.2) is 15.9 Å². The second-order valence-corrected chi connectivity index (χ2v) is 5.50. The second kappa shape index (κ2) is 5.61. The molecule has 0 unspecified atom stereocenters. The van der Waals surface area contributed by atoms with Gasteiger partial charge in [-0.15, -0.1) is 0 Å². The maximum Gasteiger partial charge on any atom is 0.282 e. The lowest BCUT2D eigenvalue weighted by Crippen LogP contribution is -2.20. The Balaban J connectivity index is 2.08. The van der Waals surface area contributed by atoms with Gasteiger partial charge in [0.05, 0.1) is 17.1 Å². The highest BCUT2D eigenvalue weighted by molar-refractivity contribution is 9.10. The van der Waals surface area contributed by atoms with E-state index in [1.807, 2.05) is 42.5 Å². The molecule has 0 aliphatic rings. The molecular weight excluding hydrogens is 330 g/mol. The molecule has 5 heteroatoms. The number of para-hydroxylation sites is 1. The Morgan fingerprint density at radius 1 is 1.14 bits per heavy atom. The van der Waals surface area contributed by atoms with Gasteiger partial charge in [-0.05, 0) is 36.8 Å². The molecule has 2 aromatic carbocycles. The zero-order valence-electron chi connectivity index (χ0n) is 11.3. The van der Waals surface area contributed by atoms with Crippen molar-refractivity contribution in [1.29, 1.82) is 0 Å². The topological polar surface area (TPSA) is 47.2 Å². The summed E-state index contributed by atoms with van der Waals surface area (Å²) in [6.07, 6.45) is 1.65. The highest BCUT2D eigenvalue weighted by Gasteiger charge is 2.05. The lowest BCUT2D eigenvalue weighted by Gasteiger charge is -2.05. The third-order valence-electron chi connectivity index (χ3n) is 3.11. The molecular formula is C16H12BrN3O. The summed E-state index contributed by atoms with van der Waals surface area (Å²) in [5.41, 5.74) is 1.44. The van der Waals surface area contributed by atoms with E-state index in [2.05, 4.69) is 26.0 Å². The summed E-state index contributed by atoms with van der Waals surface area (Å²) in [5, 5.41) is 4.82. The van der Waals surface area contributed by atoms with Crippen molar-refractivity contribution in [2.24, 2.45) is 5.10 Å². The molecule has 0 fully saturated rings. The van der Waals surface area contributed by atoms with E-state index < -0.39 is 0 Å². The first-order valence-corrected chi connectivity index (χ1v) is 7.23. The van der Waals surface area contributed by atoms with Crippen LogP contribution in [0, 0.1) is 6.92 Å². The second-order valence-electron chi connectivity index (χ2n) is 4.59. The summed E-state index contributed by atoms with van der Waals surface area (Å²) in [7, 11) is 0. The molecule has 21 heavy (non-hydrogen) atoms. The van der Waals surface area contributed by atoms with Crippen molar-refractivity contribution in [3.05, 3.63) is 74.7 Å². The van der Waals surface area contributed by atoms with Gasteiger partial charge in [-0.25, -0.2) is 4.98 Å². The highest BCUT2D eigenvalue weighted by atomic mass is 79.9. The van der Waals surface area contributed by atoms with E-state index >= 15 is 0 Å². The number of aromatic nitrogens is 2. The molecule has 1 aromatic heterocycles. The van der Waals surface area contributed by atoms with Gasteiger partial charge in [-0.2, -0.15) is 9.78 Å². The number of nitrogens with zero attached hydrogens (tertiary/aromatic N) is 3. The molecule has 3 rings (SSSR count). The molecule has 3 aromatic rings. The van der Waals surface area contributed by atoms with Gasteiger partial charge in [0.2, 0.25) is 0 Å². The molecule has 0 saturated heterocycles. The van der Waals surface area contributed by atoms with Gasteiger partial charge in [0.1, 0.15) is 5.82 Å². The highest BCUT2D eigenvalue weighted by Crippen LogP contribution is 2.10. The Hall–Kier alpha value is -2.27. The quantitative estimate of drug-likeness (QED) is 0.671. The lowest BCUT2D eigenvalue weighted by molar-refractivity contribution is 0.771. The summed E-state index contributed by atoms with van der Waals surface area (Å²) in [5.74, 6) is 0.562. The summed E-state index contributed by atoms with van der Waals surface area (Å²) in [4.78, 5) is 16.8. The number of halogens is 1. The maximum atomic E-state index is 12.4. The third kappa shape index (κ3) is 2.78. The van der Waals surface area contributed by atoms with E-state index in [1.54, 1.807) is 19.2 Å². The molecule has 0 radical (unpaired) electrons. The van der Waals surface area contributed by atoms with Crippen LogP contribution in [0.4, 0.5) is 0 Å². The van der Waals surface area contributed by atoms with E-state index in [0.29, 0.717) is 16.7 Å². The first-order chi connectivity index (χ1) is 10.1. The molecule has 0 amide bonds. The minimum Gasteiger partial charge on any atom is -0.267 e. The van der Waals surface area contributed by atoms with Crippen LogP contribution >= 0.6 is 15.9 Å². The molecule has 0 atom stereocenters. The lowest BCUT2D eigenvalue weighted by atomic mass is 10.2. The molecule has 104 valence electrons. The Kier molecular flexibility index (Phi) is 3.66. The molecule has 0 bridgehead atoms. The van der Waals surface area contributed by atoms with Crippen molar-refractivity contribution < 1.29 is 0 Å². The average Bonchev–Trinajstić information content (AvgIpc) is 2.49. The zero-order chi connectivity index (χ0) is 14.8. The van der Waals surface area contributed by atoms with Crippen LogP contribution in [0.5, 0.6) is 0 Å². The zero-order valence-corrected chi connectivity index (χ0v) is 12.9. The molecule has 4 nitrogen and oxygen atoms in total. The number of hydrogen-bond donors (Lipinski definition) is 0. The predicted octanol–water partition coefficient (Wildman–Crippen LogP) is 3.35. The van der Waals surface area contributed by atoms with Crippen LogP contribution in [0.3, 0.4) is 0 Å². The molecule has 0 spiro atoms. The fourth-order valence-corrected chi connectivity index (χ4v) is 2.31. The molecule has 0 saturated carbocycles. The van der Waals surface area contributed by atoms with Crippen molar-refractivity contribution >= 4 is 33.0 Å². The number of rotatable bonds is 2. The summed E-state index contributed by atoms with van der Waals surface area (Å²) in [6, 6.07) is 15.0. The third-order valence-corrected chi connectivity index (χ3v) is 3.64. The smallest absolute Gasteiger partial charge is 0.267 e. The Morgan fingerprint density at radius 2 is 1.86 bits per heavy atom. The van der Waals surface area contributed by atoms with Gasteiger partial charge < -0.3 is 0 Å². The molecule has 1 heterocycles. The number of hydrogen-bond acceptors (Lipinski definition) is 3. The summed E-state index contributed by atoms with van der Waals surface area (Å²) < 4.78 is 2.32. The van der Waals surface area contributed by atoms with Gasteiger partial charge in [-0.1, -0.05) is 40.2 Å². The normalized spacial score (nSPS) is 11.3. The maximum absolute atomic E-state index is 12.4. The Labute approximate surface area is 129 Å². The molecule has 0 aliphatic carbocycles.